The van der Waals surface area contributed by atoms with Crippen molar-refractivity contribution in [2.24, 2.45) is 0 Å². The van der Waals surface area contributed by atoms with E-state index in [1.165, 1.54) is 11.4 Å². The highest BCUT2D eigenvalue weighted by Crippen LogP contribution is 2.46. The van der Waals surface area contributed by atoms with E-state index >= 15 is 0 Å². The first-order chi connectivity index (χ1) is 12.9. The van der Waals surface area contributed by atoms with Crippen molar-refractivity contribution < 1.29 is 17.9 Å². The Morgan fingerprint density at radius 3 is 2.37 bits per heavy atom. The Bertz CT molecular complexity index is 920. The number of anilines is 2. The Hall–Kier alpha value is -2.80. The first-order valence-corrected chi connectivity index (χ1v) is 10.0. The minimum absolute atomic E-state index is 0.304. The molecule has 27 heavy (non-hydrogen) atoms. The molecule has 7 heteroatoms. The Kier molecular flexibility index (Phi) is 5.23. The van der Waals surface area contributed by atoms with E-state index in [0.29, 0.717) is 36.6 Å². The summed E-state index contributed by atoms with van der Waals surface area (Å²) >= 11 is 0. The average Bonchev–Trinajstić information content (AvgIpc) is 3.50. The fraction of sp³-hybridized carbons (Fsp3) is 0.250. The van der Waals surface area contributed by atoms with Gasteiger partial charge in [0.05, 0.1) is 5.69 Å². The van der Waals surface area contributed by atoms with Crippen molar-refractivity contribution in [2.45, 2.75) is 17.6 Å². The van der Waals surface area contributed by atoms with Gasteiger partial charge in [-0.25, -0.2) is 8.42 Å². The van der Waals surface area contributed by atoms with Crippen molar-refractivity contribution in [2.75, 3.05) is 23.3 Å². The maximum Gasteiger partial charge on any atom is 0.249 e. The van der Waals surface area contributed by atoms with Gasteiger partial charge in [-0.2, -0.15) is 0 Å². The number of nitrogens with one attached hydrogen (secondary N) is 1. The van der Waals surface area contributed by atoms with Crippen LogP contribution in [-0.2, 0) is 14.8 Å². The zero-order chi connectivity index (χ0) is 19.5. The topological polar surface area (TPSA) is 75.7 Å². The molecule has 1 fully saturated rings. The molecule has 2 aromatic rings. The van der Waals surface area contributed by atoms with E-state index in [-0.39, 0.29) is 0 Å². The summed E-state index contributed by atoms with van der Waals surface area (Å²) in [5.41, 5.74) is 1.05. The molecule has 1 saturated carbocycles. The second kappa shape index (κ2) is 7.44. The number of carbonyl (C=O) groups is 1. The summed E-state index contributed by atoms with van der Waals surface area (Å²) < 4.78 is 31.3. The fourth-order valence-corrected chi connectivity index (χ4v) is 4.62. The van der Waals surface area contributed by atoms with Crippen molar-refractivity contribution in [1.82, 2.24) is 0 Å². The van der Waals surface area contributed by atoms with Crippen LogP contribution in [0.5, 0.6) is 5.75 Å². The van der Waals surface area contributed by atoms with Gasteiger partial charge in [0, 0.05) is 12.7 Å². The third kappa shape index (κ3) is 3.68. The molecule has 0 heterocycles. The molecule has 0 atom stereocenters. The van der Waals surface area contributed by atoms with Crippen molar-refractivity contribution >= 4 is 27.3 Å². The van der Waals surface area contributed by atoms with Crippen LogP contribution in [0.4, 0.5) is 11.4 Å². The van der Waals surface area contributed by atoms with Crippen molar-refractivity contribution in [3.8, 4) is 5.75 Å². The molecule has 1 N–H and O–H groups in total. The second-order valence-corrected chi connectivity index (χ2v) is 8.66. The summed E-state index contributed by atoms with van der Waals surface area (Å²) in [5.74, 6) is 0.135. The maximum absolute atomic E-state index is 13.1. The largest absolute Gasteiger partial charge is 0.490 e. The van der Waals surface area contributed by atoms with Gasteiger partial charge in [-0.15, -0.1) is 0 Å². The molecule has 6 nitrogen and oxygen atoms in total. The van der Waals surface area contributed by atoms with E-state index < -0.39 is 20.7 Å². The molecule has 142 valence electrons. The highest BCUT2D eigenvalue weighted by atomic mass is 32.2. The number of para-hydroxylation sites is 1. The first-order valence-electron chi connectivity index (χ1n) is 8.59. The Morgan fingerprint density at radius 1 is 1.19 bits per heavy atom. The smallest absolute Gasteiger partial charge is 0.249 e. The summed E-state index contributed by atoms with van der Waals surface area (Å²) in [4.78, 5) is 12.8. The summed E-state index contributed by atoms with van der Waals surface area (Å²) in [6.07, 6.45) is 2.25. The van der Waals surface area contributed by atoms with E-state index in [4.69, 9.17) is 4.74 Å². The van der Waals surface area contributed by atoms with E-state index in [1.807, 2.05) is 6.07 Å². The van der Waals surface area contributed by atoms with Gasteiger partial charge in [0.15, 0.2) is 4.75 Å². The normalized spacial score (nSPS) is 14.9. The predicted molar refractivity (Wildman–Crippen MR) is 106 cm³/mol. The lowest BCUT2D eigenvalue weighted by molar-refractivity contribution is -0.116. The number of hydrogen-bond donors (Lipinski definition) is 1. The molecular weight excluding hydrogens is 364 g/mol. The van der Waals surface area contributed by atoms with E-state index in [2.05, 4.69) is 11.9 Å². The van der Waals surface area contributed by atoms with Crippen LogP contribution in [0.1, 0.15) is 12.8 Å². The Morgan fingerprint density at radius 2 is 1.81 bits per heavy atom. The molecule has 1 amide bonds. The highest BCUT2D eigenvalue weighted by Gasteiger charge is 2.62. The number of benzene rings is 2. The number of sulfonamides is 1. The molecular formula is C20H22N2O4S. The number of ether oxygens (including phenoxy) is 1. The lowest BCUT2D eigenvalue weighted by Gasteiger charge is -2.25. The number of nitrogens with zero attached hydrogens (tertiary/aromatic N) is 1. The predicted octanol–water partition coefficient (Wildman–Crippen LogP) is 3.19. The number of rotatable bonds is 8. The zero-order valence-corrected chi connectivity index (χ0v) is 15.9. The zero-order valence-electron chi connectivity index (χ0n) is 15.1. The summed E-state index contributed by atoms with van der Waals surface area (Å²) in [6, 6.07) is 15.5. The molecule has 1 aliphatic rings. The van der Waals surface area contributed by atoms with Crippen molar-refractivity contribution in [3.63, 3.8) is 0 Å². The minimum Gasteiger partial charge on any atom is -0.490 e. The standard InChI is InChI=1S/C20H22N2O4S/c1-3-15-26-18-11-9-16(10-12-18)21-19(23)20(13-14-20)27(24,25)22(2)17-7-5-4-6-8-17/h3-12H,1,13-15H2,2H3,(H,21,23). The van der Waals surface area contributed by atoms with Gasteiger partial charge >= 0.3 is 0 Å². The average molecular weight is 386 g/mol. The molecule has 0 unspecified atom stereocenters. The van der Waals surface area contributed by atoms with Crippen molar-refractivity contribution in [1.29, 1.82) is 0 Å². The van der Waals surface area contributed by atoms with Crippen molar-refractivity contribution in [3.05, 3.63) is 67.3 Å². The molecule has 0 bridgehead atoms. The highest BCUT2D eigenvalue weighted by molar-refractivity contribution is 7.95. The molecule has 0 spiro atoms. The van der Waals surface area contributed by atoms with Gasteiger partial charge in [0.25, 0.3) is 0 Å². The molecule has 0 aromatic heterocycles. The maximum atomic E-state index is 13.1. The lowest BCUT2D eigenvalue weighted by Crippen LogP contribution is -2.45. The summed E-state index contributed by atoms with van der Waals surface area (Å²) in [5, 5.41) is 2.72. The SMILES string of the molecule is C=CCOc1ccc(NC(=O)C2(S(=O)(=O)N(C)c3ccccc3)CC2)cc1. The number of hydrogen-bond acceptors (Lipinski definition) is 4. The van der Waals surface area contributed by atoms with Gasteiger partial charge in [-0.05, 0) is 49.2 Å². The molecule has 0 saturated heterocycles. The fourth-order valence-electron chi connectivity index (χ4n) is 2.79. The van der Waals surface area contributed by atoms with Crippen LogP contribution in [0.3, 0.4) is 0 Å². The van der Waals surface area contributed by atoms with Gasteiger partial charge < -0.3 is 10.1 Å². The Labute approximate surface area is 159 Å². The van der Waals surface area contributed by atoms with Crippen LogP contribution >= 0.6 is 0 Å². The van der Waals surface area contributed by atoms with E-state index in [9.17, 15) is 13.2 Å². The van der Waals surface area contributed by atoms with Crippen LogP contribution in [0.15, 0.2) is 67.3 Å². The quantitative estimate of drug-likeness (QED) is 0.707. The van der Waals surface area contributed by atoms with Gasteiger partial charge in [0.1, 0.15) is 12.4 Å². The Balaban J connectivity index is 1.75. The van der Waals surface area contributed by atoms with Gasteiger partial charge in [-0.3, -0.25) is 9.10 Å². The molecule has 2 aromatic carbocycles. The summed E-state index contributed by atoms with van der Waals surface area (Å²) in [7, 11) is -2.36. The molecule has 0 radical (unpaired) electrons. The summed E-state index contributed by atoms with van der Waals surface area (Å²) in [6.45, 7) is 3.97. The van der Waals surface area contributed by atoms with Gasteiger partial charge in [-0.1, -0.05) is 30.9 Å². The molecule has 1 aliphatic carbocycles. The third-order valence-corrected chi connectivity index (χ3v) is 7.09. The second-order valence-electron chi connectivity index (χ2n) is 6.38. The van der Waals surface area contributed by atoms with Crippen LogP contribution < -0.4 is 14.4 Å². The van der Waals surface area contributed by atoms with Crippen LogP contribution in [-0.4, -0.2) is 32.7 Å². The van der Waals surface area contributed by atoms with E-state index in [0.717, 1.165) is 0 Å². The number of amides is 1. The third-order valence-electron chi connectivity index (χ3n) is 4.57. The number of carbonyl (C=O) groups excluding carboxylic acids is 1. The molecule has 3 rings (SSSR count). The first kappa shape index (κ1) is 19.0. The van der Waals surface area contributed by atoms with Crippen LogP contribution in [0.25, 0.3) is 0 Å². The van der Waals surface area contributed by atoms with Crippen LogP contribution in [0, 0.1) is 0 Å². The van der Waals surface area contributed by atoms with Crippen LogP contribution in [0.2, 0.25) is 0 Å². The van der Waals surface area contributed by atoms with Gasteiger partial charge in [0.2, 0.25) is 15.9 Å². The minimum atomic E-state index is -3.83. The van der Waals surface area contributed by atoms with E-state index in [1.54, 1.807) is 54.6 Å². The lowest BCUT2D eigenvalue weighted by atomic mass is 10.3. The molecule has 0 aliphatic heterocycles. The monoisotopic (exact) mass is 386 g/mol.